The Balaban J connectivity index is 1.66. The first-order valence-electron chi connectivity index (χ1n) is 9.98. The third-order valence-corrected chi connectivity index (χ3v) is 5.61. The summed E-state index contributed by atoms with van der Waals surface area (Å²) in [6, 6.07) is 7.38. The number of carbonyl (C=O) groups is 2. The second-order valence-corrected chi connectivity index (χ2v) is 7.95. The van der Waals surface area contributed by atoms with E-state index >= 15 is 0 Å². The third kappa shape index (κ3) is 3.87. The van der Waals surface area contributed by atoms with Gasteiger partial charge in [-0.2, -0.15) is 4.98 Å². The molecule has 2 aliphatic heterocycles. The first-order valence-corrected chi connectivity index (χ1v) is 9.98. The lowest BCUT2D eigenvalue weighted by Crippen LogP contribution is -2.40. The number of hydrogen-bond donors (Lipinski definition) is 3. The van der Waals surface area contributed by atoms with E-state index in [0.717, 1.165) is 31.5 Å². The second kappa shape index (κ2) is 7.69. The van der Waals surface area contributed by atoms with Gasteiger partial charge in [-0.05, 0) is 37.3 Å². The number of carbonyl (C=O) groups excluding carboxylic acids is 2. The zero-order valence-corrected chi connectivity index (χ0v) is 16.6. The molecule has 3 N–H and O–H groups in total. The van der Waals surface area contributed by atoms with Crippen molar-refractivity contribution >= 4 is 29.3 Å². The normalized spacial score (nSPS) is 21.3. The van der Waals surface area contributed by atoms with Crippen LogP contribution < -0.4 is 21.1 Å². The molecular weight excluding hydrogens is 370 g/mol. The molecule has 0 bridgehead atoms. The van der Waals surface area contributed by atoms with Crippen LogP contribution >= 0.6 is 0 Å². The maximum atomic E-state index is 12.9. The van der Waals surface area contributed by atoms with E-state index in [9.17, 15) is 14.4 Å². The van der Waals surface area contributed by atoms with Crippen LogP contribution in [0.3, 0.4) is 0 Å². The van der Waals surface area contributed by atoms with Crippen LogP contribution in [-0.2, 0) is 9.59 Å². The number of nitrogens with zero attached hydrogens (tertiary/aromatic N) is 2. The molecule has 8 nitrogen and oxygen atoms in total. The summed E-state index contributed by atoms with van der Waals surface area (Å²) in [5.74, 6) is -0.458. The molecule has 4 rings (SSSR count). The van der Waals surface area contributed by atoms with E-state index in [0.29, 0.717) is 17.6 Å². The van der Waals surface area contributed by atoms with Gasteiger partial charge in [-0.3, -0.25) is 19.4 Å². The van der Waals surface area contributed by atoms with Crippen molar-refractivity contribution in [3.8, 4) is 0 Å². The zero-order chi connectivity index (χ0) is 20.5. The van der Waals surface area contributed by atoms with Gasteiger partial charge in [0.15, 0.2) is 0 Å². The van der Waals surface area contributed by atoms with Crippen LogP contribution in [0, 0.1) is 12.8 Å². The largest absolute Gasteiger partial charge is 0.342 e. The molecule has 2 aromatic rings. The molecule has 2 atom stereocenters. The van der Waals surface area contributed by atoms with Crippen LogP contribution in [0.4, 0.5) is 17.5 Å². The van der Waals surface area contributed by atoms with Gasteiger partial charge in [0, 0.05) is 25.2 Å². The maximum Gasteiger partial charge on any atom is 0.258 e. The predicted molar refractivity (Wildman–Crippen MR) is 111 cm³/mol. The Bertz CT molecular complexity index is 1020. The fraction of sp³-hybridized carbons (Fsp3) is 0.429. The Morgan fingerprint density at radius 2 is 2.07 bits per heavy atom. The van der Waals surface area contributed by atoms with Gasteiger partial charge in [-0.1, -0.05) is 25.1 Å². The van der Waals surface area contributed by atoms with E-state index in [1.165, 1.54) is 0 Å². The number of fused-ring (bicyclic) bond motifs is 1. The number of hydrogen-bond acceptors (Lipinski definition) is 5. The van der Waals surface area contributed by atoms with Crippen LogP contribution in [0.2, 0.25) is 0 Å². The molecule has 152 valence electrons. The number of piperidine rings is 1. The lowest BCUT2D eigenvalue weighted by Gasteiger charge is -2.32. The van der Waals surface area contributed by atoms with Crippen LogP contribution in [0.5, 0.6) is 0 Å². The number of benzene rings is 1. The molecule has 1 fully saturated rings. The average molecular weight is 395 g/mol. The van der Waals surface area contributed by atoms with Crippen molar-refractivity contribution < 1.29 is 9.59 Å². The Hall–Kier alpha value is -3.16. The standard InChI is InChI=1S/C21H25N5O3/c1-12-6-5-9-26(11-12)21-24-18-17(20(29)25-21)14(10-16(27)23-18)19(28)22-15-8-4-3-7-13(15)2/h3-4,7-8,12,14H,5-6,9-11H2,1-2H3,(H,22,28)(H2,23,24,25,27,29)/t12-,14-/m0/s1. The molecule has 2 amide bonds. The average Bonchev–Trinajstić information content (AvgIpc) is 2.68. The minimum atomic E-state index is -0.885. The van der Waals surface area contributed by atoms with Crippen LogP contribution in [0.25, 0.3) is 0 Å². The molecule has 1 aromatic heterocycles. The summed E-state index contributed by atoms with van der Waals surface area (Å²) in [6.45, 7) is 5.65. The van der Waals surface area contributed by atoms with Gasteiger partial charge in [0.1, 0.15) is 5.82 Å². The van der Waals surface area contributed by atoms with Gasteiger partial charge in [-0.25, -0.2) is 0 Å². The zero-order valence-electron chi connectivity index (χ0n) is 16.6. The van der Waals surface area contributed by atoms with Crippen molar-refractivity contribution in [1.82, 2.24) is 9.97 Å². The van der Waals surface area contributed by atoms with Gasteiger partial charge in [0.25, 0.3) is 5.56 Å². The quantitative estimate of drug-likeness (QED) is 0.740. The van der Waals surface area contributed by atoms with Gasteiger partial charge < -0.3 is 15.5 Å². The van der Waals surface area contributed by atoms with Crippen molar-refractivity contribution in [1.29, 1.82) is 0 Å². The minimum Gasteiger partial charge on any atom is -0.342 e. The molecule has 3 heterocycles. The molecular formula is C21H25N5O3. The highest BCUT2D eigenvalue weighted by Crippen LogP contribution is 2.31. The van der Waals surface area contributed by atoms with Crippen molar-refractivity contribution in [3.05, 3.63) is 45.7 Å². The number of aromatic nitrogens is 2. The predicted octanol–water partition coefficient (Wildman–Crippen LogP) is 2.38. The van der Waals surface area contributed by atoms with Gasteiger partial charge in [0.05, 0.1) is 11.5 Å². The smallest absolute Gasteiger partial charge is 0.258 e. The van der Waals surface area contributed by atoms with E-state index in [2.05, 4.69) is 27.5 Å². The minimum absolute atomic E-state index is 0.0877. The number of aryl methyl sites for hydroxylation is 1. The molecule has 0 spiro atoms. The van der Waals surface area contributed by atoms with Crippen molar-refractivity contribution in [2.24, 2.45) is 5.92 Å². The molecule has 0 unspecified atom stereocenters. The molecule has 0 radical (unpaired) electrons. The summed E-state index contributed by atoms with van der Waals surface area (Å²) in [4.78, 5) is 47.4. The van der Waals surface area contributed by atoms with Gasteiger partial charge in [0.2, 0.25) is 17.8 Å². The van der Waals surface area contributed by atoms with Crippen LogP contribution in [0.15, 0.2) is 29.1 Å². The topological polar surface area (TPSA) is 107 Å². The van der Waals surface area contributed by atoms with Crippen molar-refractivity contribution in [2.45, 2.75) is 39.0 Å². The Kier molecular flexibility index (Phi) is 5.08. The van der Waals surface area contributed by atoms with Crippen LogP contribution in [0.1, 0.15) is 43.2 Å². The first-order chi connectivity index (χ1) is 13.9. The first kappa shape index (κ1) is 19.2. The van der Waals surface area contributed by atoms with Crippen LogP contribution in [-0.4, -0.2) is 34.9 Å². The summed E-state index contributed by atoms with van der Waals surface area (Å²) < 4.78 is 0. The Labute approximate surface area is 168 Å². The molecule has 2 aliphatic rings. The number of nitrogens with one attached hydrogen (secondary N) is 3. The maximum absolute atomic E-state index is 12.9. The highest BCUT2D eigenvalue weighted by molar-refractivity contribution is 6.04. The van der Waals surface area contributed by atoms with E-state index in [1.54, 1.807) is 6.07 Å². The molecule has 0 aliphatic carbocycles. The van der Waals surface area contributed by atoms with E-state index in [1.807, 2.05) is 30.0 Å². The Morgan fingerprint density at radius 3 is 2.83 bits per heavy atom. The molecule has 1 saturated heterocycles. The monoisotopic (exact) mass is 395 g/mol. The van der Waals surface area contributed by atoms with Crippen molar-refractivity contribution in [2.75, 3.05) is 28.6 Å². The third-order valence-electron chi connectivity index (χ3n) is 5.61. The molecule has 29 heavy (non-hydrogen) atoms. The lowest BCUT2D eigenvalue weighted by atomic mass is 9.92. The number of rotatable bonds is 3. The van der Waals surface area contributed by atoms with E-state index in [-0.39, 0.29) is 35.2 Å². The second-order valence-electron chi connectivity index (χ2n) is 7.95. The number of para-hydroxylation sites is 1. The number of aromatic amines is 1. The van der Waals surface area contributed by atoms with E-state index < -0.39 is 5.92 Å². The van der Waals surface area contributed by atoms with Crippen molar-refractivity contribution in [3.63, 3.8) is 0 Å². The summed E-state index contributed by atoms with van der Waals surface area (Å²) in [7, 11) is 0. The highest BCUT2D eigenvalue weighted by atomic mass is 16.2. The van der Waals surface area contributed by atoms with Gasteiger partial charge in [-0.15, -0.1) is 0 Å². The SMILES string of the molecule is Cc1ccccc1NC(=O)[C@H]1CC(=O)Nc2nc(N3CCC[C@H](C)C3)[nH]c(=O)c21. The highest BCUT2D eigenvalue weighted by Gasteiger charge is 2.35. The molecule has 1 aromatic carbocycles. The fourth-order valence-electron chi connectivity index (χ4n) is 4.05. The summed E-state index contributed by atoms with van der Waals surface area (Å²) in [6.07, 6.45) is 2.08. The van der Waals surface area contributed by atoms with E-state index in [4.69, 9.17) is 0 Å². The number of H-pyrrole nitrogens is 1. The summed E-state index contributed by atoms with van der Waals surface area (Å²) in [5, 5.41) is 5.52. The fourth-order valence-corrected chi connectivity index (χ4v) is 4.05. The van der Waals surface area contributed by atoms with Gasteiger partial charge >= 0.3 is 0 Å². The molecule has 0 saturated carbocycles. The number of amides is 2. The number of anilines is 3. The summed E-state index contributed by atoms with van der Waals surface area (Å²) in [5.41, 5.74) is 1.40. The Morgan fingerprint density at radius 1 is 1.28 bits per heavy atom. The molecule has 8 heteroatoms. The summed E-state index contributed by atoms with van der Waals surface area (Å²) >= 11 is 0. The lowest BCUT2D eigenvalue weighted by molar-refractivity contribution is -0.123.